The second-order valence-electron chi connectivity index (χ2n) is 5.09. The third-order valence-electron chi connectivity index (χ3n) is 3.54. The first-order chi connectivity index (χ1) is 10.3. The number of aliphatic hydroxyl groups excluding tert-OH is 1. The summed E-state index contributed by atoms with van der Waals surface area (Å²) in [5.74, 6) is 0. The molecule has 0 fully saturated rings. The quantitative estimate of drug-likeness (QED) is 0.794. The summed E-state index contributed by atoms with van der Waals surface area (Å²) in [7, 11) is 0. The Hall–Kier alpha value is -2.39. The highest BCUT2D eigenvalue weighted by Gasteiger charge is 2.07. The van der Waals surface area contributed by atoms with E-state index in [1.54, 1.807) is 0 Å². The monoisotopic (exact) mass is 278 g/mol. The van der Waals surface area contributed by atoms with E-state index in [9.17, 15) is 0 Å². The Morgan fingerprint density at radius 1 is 1.00 bits per heavy atom. The van der Waals surface area contributed by atoms with Gasteiger partial charge in [0, 0.05) is 17.9 Å². The molecule has 0 unspecified atom stereocenters. The van der Waals surface area contributed by atoms with Crippen LogP contribution in [0.25, 0.3) is 16.9 Å². The maximum absolute atomic E-state index is 8.96. The second kappa shape index (κ2) is 5.94. The van der Waals surface area contributed by atoms with Gasteiger partial charge in [0.2, 0.25) is 0 Å². The largest absolute Gasteiger partial charge is 0.396 e. The number of nitrogens with zero attached hydrogens (tertiary/aromatic N) is 2. The molecule has 0 saturated carbocycles. The first-order valence-corrected chi connectivity index (χ1v) is 7.10. The first-order valence-electron chi connectivity index (χ1n) is 7.10. The molecule has 0 saturated heterocycles. The minimum absolute atomic E-state index is 0.179. The van der Waals surface area contributed by atoms with Gasteiger partial charge in [-0.2, -0.15) is 5.10 Å². The van der Waals surface area contributed by atoms with Gasteiger partial charge in [-0.1, -0.05) is 42.5 Å². The van der Waals surface area contributed by atoms with Crippen LogP contribution in [-0.2, 0) is 6.42 Å². The number of aliphatic hydroxyl groups is 1. The number of hydrogen-bond donors (Lipinski definition) is 1. The van der Waals surface area contributed by atoms with Crippen LogP contribution in [0.3, 0.4) is 0 Å². The third kappa shape index (κ3) is 2.88. The molecule has 0 atom stereocenters. The fraction of sp³-hybridized carbons (Fsp3) is 0.167. The van der Waals surface area contributed by atoms with Gasteiger partial charge >= 0.3 is 0 Å². The molecule has 0 radical (unpaired) electrons. The molecule has 1 heterocycles. The zero-order valence-corrected chi connectivity index (χ0v) is 12.0. The molecule has 0 amide bonds. The number of rotatable bonds is 4. The molecule has 2 aromatic carbocycles. The van der Waals surface area contributed by atoms with E-state index in [4.69, 9.17) is 10.2 Å². The van der Waals surface area contributed by atoms with Gasteiger partial charge in [0.1, 0.15) is 0 Å². The first kappa shape index (κ1) is 13.6. The molecule has 0 aliphatic carbocycles. The van der Waals surface area contributed by atoms with Crippen molar-refractivity contribution in [1.82, 2.24) is 9.78 Å². The third-order valence-corrected chi connectivity index (χ3v) is 3.54. The second-order valence-corrected chi connectivity index (χ2v) is 5.09. The lowest BCUT2D eigenvalue weighted by Gasteiger charge is -2.05. The van der Waals surface area contributed by atoms with Crippen LogP contribution in [0.2, 0.25) is 0 Å². The van der Waals surface area contributed by atoms with Gasteiger partial charge in [-0.3, -0.25) is 0 Å². The molecule has 3 heteroatoms. The zero-order valence-electron chi connectivity index (χ0n) is 12.0. The molecule has 0 spiro atoms. The van der Waals surface area contributed by atoms with E-state index in [-0.39, 0.29) is 6.61 Å². The molecule has 21 heavy (non-hydrogen) atoms. The molecule has 1 N–H and O–H groups in total. The van der Waals surface area contributed by atoms with Crippen molar-refractivity contribution >= 4 is 0 Å². The number of aryl methyl sites for hydroxylation is 1. The lowest BCUT2D eigenvalue weighted by Crippen LogP contribution is -1.99. The summed E-state index contributed by atoms with van der Waals surface area (Å²) in [5.41, 5.74) is 5.37. The Morgan fingerprint density at radius 3 is 2.38 bits per heavy atom. The van der Waals surface area contributed by atoms with Crippen LogP contribution >= 0.6 is 0 Å². The van der Waals surface area contributed by atoms with Gasteiger partial charge < -0.3 is 5.11 Å². The smallest absolute Gasteiger partial charge is 0.0930 e. The van der Waals surface area contributed by atoms with E-state index in [0.29, 0.717) is 6.42 Å². The van der Waals surface area contributed by atoms with Crippen molar-refractivity contribution in [3.05, 3.63) is 71.9 Å². The maximum atomic E-state index is 8.96. The number of benzene rings is 2. The summed E-state index contributed by atoms with van der Waals surface area (Å²) >= 11 is 0. The fourth-order valence-electron chi connectivity index (χ4n) is 2.42. The van der Waals surface area contributed by atoms with E-state index < -0.39 is 0 Å². The predicted molar refractivity (Wildman–Crippen MR) is 84.5 cm³/mol. The van der Waals surface area contributed by atoms with Crippen molar-refractivity contribution in [2.45, 2.75) is 13.3 Å². The molecule has 1 aromatic heterocycles. The average molecular weight is 278 g/mol. The topological polar surface area (TPSA) is 38.0 Å². The van der Waals surface area contributed by atoms with Crippen molar-refractivity contribution in [2.75, 3.05) is 6.61 Å². The molecule has 3 aromatic rings. The van der Waals surface area contributed by atoms with Gasteiger partial charge in [0.15, 0.2) is 0 Å². The normalized spacial score (nSPS) is 10.8. The van der Waals surface area contributed by atoms with Crippen LogP contribution in [0.15, 0.2) is 60.7 Å². The number of aromatic nitrogens is 2. The molecule has 3 rings (SSSR count). The SMILES string of the molecule is Cc1cc(-c2ccccc2)nn1-c1ccc(CCO)cc1. The van der Waals surface area contributed by atoms with Gasteiger partial charge in [-0.15, -0.1) is 0 Å². The Balaban J connectivity index is 1.94. The summed E-state index contributed by atoms with van der Waals surface area (Å²) in [6.07, 6.45) is 0.688. The van der Waals surface area contributed by atoms with Crippen LogP contribution in [-0.4, -0.2) is 21.5 Å². The highest BCUT2D eigenvalue weighted by atomic mass is 16.2. The summed E-state index contributed by atoms with van der Waals surface area (Å²) < 4.78 is 1.95. The summed E-state index contributed by atoms with van der Waals surface area (Å²) in [5, 5.41) is 13.7. The van der Waals surface area contributed by atoms with Crippen molar-refractivity contribution < 1.29 is 5.11 Å². The van der Waals surface area contributed by atoms with Crippen molar-refractivity contribution in [3.8, 4) is 16.9 Å². The van der Waals surface area contributed by atoms with Crippen LogP contribution < -0.4 is 0 Å². The molecular formula is C18H18N2O. The molecular weight excluding hydrogens is 260 g/mol. The fourth-order valence-corrected chi connectivity index (χ4v) is 2.42. The van der Waals surface area contributed by atoms with Crippen molar-refractivity contribution in [1.29, 1.82) is 0 Å². The molecule has 0 aliphatic heterocycles. The standard InChI is InChI=1S/C18H18N2O/c1-14-13-18(16-5-3-2-4-6-16)19-20(14)17-9-7-15(8-10-17)11-12-21/h2-10,13,21H,11-12H2,1H3. The Bertz CT molecular complexity index is 715. The Morgan fingerprint density at radius 2 is 1.71 bits per heavy atom. The molecule has 0 bridgehead atoms. The van der Waals surface area contributed by atoms with E-state index in [1.165, 1.54) is 0 Å². The Kier molecular flexibility index (Phi) is 3.84. The highest BCUT2D eigenvalue weighted by molar-refractivity contribution is 5.59. The lowest BCUT2D eigenvalue weighted by molar-refractivity contribution is 0.299. The van der Waals surface area contributed by atoms with Crippen LogP contribution in [0.1, 0.15) is 11.3 Å². The maximum Gasteiger partial charge on any atom is 0.0930 e. The van der Waals surface area contributed by atoms with Crippen LogP contribution in [0.5, 0.6) is 0 Å². The summed E-state index contributed by atoms with van der Waals surface area (Å²) in [6, 6.07) is 20.4. The predicted octanol–water partition coefficient (Wildman–Crippen LogP) is 3.38. The van der Waals surface area contributed by atoms with E-state index >= 15 is 0 Å². The van der Waals surface area contributed by atoms with Gasteiger partial charge in [0.25, 0.3) is 0 Å². The number of hydrogen-bond acceptors (Lipinski definition) is 2. The van der Waals surface area contributed by atoms with E-state index in [2.05, 4.69) is 25.1 Å². The van der Waals surface area contributed by atoms with Gasteiger partial charge in [-0.25, -0.2) is 4.68 Å². The minimum atomic E-state index is 0.179. The lowest BCUT2D eigenvalue weighted by atomic mass is 10.1. The Labute approximate surface area is 124 Å². The van der Waals surface area contributed by atoms with Gasteiger partial charge in [-0.05, 0) is 37.1 Å². The summed E-state index contributed by atoms with van der Waals surface area (Å²) in [4.78, 5) is 0. The van der Waals surface area contributed by atoms with E-state index in [1.807, 2.05) is 47.1 Å². The van der Waals surface area contributed by atoms with Crippen LogP contribution in [0.4, 0.5) is 0 Å². The summed E-state index contributed by atoms with van der Waals surface area (Å²) in [6.45, 7) is 2.24. The average Bonchev–Trinajstić information content (AvgIpc) is 2.91. The van der Waals surface area contributed by atoms with Crippen molar-refractivity contribution in [2.24, 2.45) is 0 Å². The van der Waals surface area contributed by atoms with Gasteiger partial charge in [0.05, 0.1) is 11.4 Å². The minimum Gasteiger partial charge on any atom is -0.396 e. The van der Waals surface area contributed by atoms with Crippen molar-refractivity contribution in [3.63, 3.8) is 0 Å². The molecule has 106 valence electrons. The molecule has 3 nitrogen and oxygen atoms in total. The highest BCUT2D eigenvalue weighted by Crippen LogP contribution is 2.21. The van der Waals surface area contributed by atoms with E-state index in [0.717, 1.165) is 28.2 Å². The zero-order chi connectivity index (χ0) is 14.7. The van der Waals surface area contributed by atoms with Crippen LogP contribution in [0, 0.1) is 6.92 Å². The molecule has 0 aliphatic rings.